The van der Waals surface area contributed by atoms with Crippen LogP contribution in [0.15, 0.2) is 18.0 Å². The second-order valence-electron chi connectivity index (χ2n) is 8.52. The van der Waals surface area contributed by atoms with E-state index in [1.54, 1.807) is 4.90 Å². The SMILES string of the molecule is Cc1cc(C(F)(F)F)nn1CC(=O)N1CCC2(CC1)CN/C(=C\C(=O)c1nc(Cl)c(N)nc1N)N2. The Bertz CT molecular complexity index is 1200. The quantitative estimate of drug-likeness (QED) is 0.347. The summed E-state index contributed by atoms with van der Waals surface area (Å²) < 4.78 is 39.7. The molecule has 15 heteroatoms. The van der Waals surface area contributed by atoms with Gasteiger partial charge in [0.25, 0.3) is 0 Å². The number of nitrogen functional groups attached to an aromatic ring is 2. The summed E-state index contributed by atoms with van der Waals surface area (Å²) in [5.41, 5.74) is 9.99. The number of carbonyl (C=O) groups is 2. The van der Waals surface area contributed by atoms with Crippen LogP contribution < -0.4 is 22.1 Å². The molecule has 0 radical (unpaired) electrons. The van der Waals surface area contributed by atoms with Gasteiger partial charge in [0.1, 0.15) is 12.4 Å². The molecule has 1 amide bonds. The van der Waals surface area contributed by atoms with Crippen LogP contribution in [-0.2, 0) is 17.5 Å². The molecule has 0 atom stereocenters. The molecule has 2 aromatic heterocycles. The maximum Gasteiger partial charge on any atom is 0.435 e. The first kappa shape index (κ1) is 24.6. The van der Waals surface area contributed by atoms with Gasteiger partial charge in [-0.05, 0) is 25.8 Å². The third-order valence-corrected chi connectivity index (χ3v) is 6.34. The van der Waals surface area contributed by atoms with Crippen molar-refractivity contribution in [2.75, 3.05) is 31.1 Å². The summed E-state index contributed by atoms with van der Waals surface area (Å²) in [6.07, 6.45) is -2.13. The zero-order valence-electron chi connectivity index (χ0n) is 18.6. The lowest BCUT2D eigenvalue weighted by atomic mass is 9.88. The third kappa shape index (κ3) is 5.11. The van der Waals surface area contributed by atoms with Crippen molar-refractivity contribution in [3.05, 3.63) is 40.2 Å². The van der Waals surface area contributed by atoms with Gasteiger partial charge in [-0.1, -0.05) is 11.6 Å². The number of rotatable bonds is 4. The molecule has 2 aliphatic rings. The van der Waals surface area contributed by atoms with Crippen molar-refractivity contribution in [1.29, 1.82) is 0 Å². The molecule has 0 aliphatic carbocycles. The number of amides is 1. The van der Waals surface area contributed by atoms with E-state index >= 15 is 0 Å². The van der Waals surface area contributed by atoms with E-state index in [1.807, 2.05) is 0 Å². The van der Waals surface area contributed by atoms with E-state index in [0.29, 0.717) is 38.3 Å². The summed E-state index contributed by atoms with van der Waals surface area (Å²) in [5.74, 6) is -0.566. The first-order chi connectivity index (χ1) is 16.4. The Kier molecular flexibility index (Phi) is 6.25. The molecule has 0 bridgehead atoms. The molecular weight excluding hydrogens is 491 g/mol. The summed E-state index contributed by atoms with van der Waals surface area (Å²) in [5, 5.41) is 9.81. The smallest absolute Gasteiger partial charge is 0.382 e. The predicted octanol–water partition coefficient (Wildman–Crippen LogP) is 1.10. The fourth-order valence-electron chi connectivity index (χ4n) is 4.07. The third-order valence-electron chi connectivity index (χ3n) is 6.06. The maximum atomic E-state index is 12.9. The minimum Gasteiger partial charge on any atom is -0.382 e. The van der Waals surface area contributed by atoms with Gasteiger partial charge in [-0.2, -0.15) is 18.3 Å². The van der Waals surface area contributed by atoms with Gasteiger partial charge in [0.05, 0.1) is 5.54 Å². The zero-order valence-corrected chi connectivity index (χ0v) is 19.4. The molecule has 2 aromatic rings. The average Bonchev–Trinajstić information content (AvgIpc) is 3.34. The van der Waals surface area contributed by atoms with Gasteiger partial charge >= 0.3 is 6.18 Å². The van der Waals surface area contributed by atoms with Crippen LogP contribution in [0.25, 0.3) is 0 Å². The van der Waals surface area contributed by atoms with E-state index in [4.69, 9.17) is 23.1 Å². The standard InChI is InChI=1S/C20H23ClF3N9O2/c1-10-6-12(20(22,23)24)31-33(10)8-14(35)32-4-2-19(3-5-32)9-27-13(30-19)7-11(34)15-17(25)29-18(26)16(21)28-15/h6-7,27,30H,2-5,8-9H2,1H3,(H4,25,26,29)/b13-7+. The molecule has 35 heavy (non-hydrogen) atoms. The van der Waals surface area contributed by atoms with Crippen molar-refractivity contribution in [3.8, 4) is 0 Å². The van der Waals surface area contributed by atoms with Crippen molar-refractivity contribution in [2.24, 2.45) is 0 Å². The Balaban J connectivity index is 1.36. The van der Waals surface area contributed by atoms with Crippen LogP contribution in [0.3, 0.4) is 0 Å². The Morgan fingerprint density at radius 1 is 1.23 bits per heavy atom. The topological polar surface area (TPSA) is 157 Å². The number of aromatic nitrogens is 4. The number of likely N-dealkylation sites (tertiary alicyclic amines) is 1. The molecule has 2 saturated heterocycles. The number of allylic oxidation sites excluding steroid dienone is 1. The maximum absolute atomic E-state index is 12.9. The Morgan fingerprint density at radius 2 is 1.91 bits per heavy atom. The number of anilines is 2. The monoisotopic (exact) mass is 513 g/mol. The lowest BCUT2D eigenvalue weighted by Gasteiger charge is -2.38. The first-order valence-electron chi connectivity index (χ1n) is 10.6. The number of nitrogens with two attached hydrogens (primary N) is 2. The number of nitrogens with zero attached hydrogens (tertiary/aromatic N) is 5. The highest BCUT2D eigenvalue weighted by Gasteiger charge is 2.40. The first-order valence-corrected chi connectivity index (χ1v) is 11.0. The highest BCUT2D eigenvalue weighted by atomic mass is 35.5. The van der Waals surface area contributed by atoms with Gasteiger partial charge in [-0.15, -0.1) is 0 Å². The van der Waals surface area contributed by atoms with Gasteiger partial charge in [0.15, 0.2) is 28.2 Å². The van der Waals surface area contributed by atoms with Gasteiger partial charge < -0.3 is 27.0 Å². The highest BCUT2D eigenvalue weighted by molar-refractivity contribution is 6.31. The van der Waals surface area contributed by atoms with E-state index in [1.165, 1.54) is 13.0 Å². The number of aryl methyl sites for hydroxylation is 1. The molecule has 0 saturated carbocycles. The Morgan fingerprint density at radius 3 is 2.54 bits per heavy atom. The number of ketones is 1. The molecule has 0 unspecified atom stereocenters. The molecule has 11 nitrogen and oxygen atoms in total. The Labute approximate surface area is 202 Å². The van der Waals surface area contributed by atoms with Gasteiger partial charge in [-0.3, -0.25) is 14.3 Å². The minimum atomic E-state index is -4.57. The second kappa shape index (κ2) is 8.91. The minimum absolute atomic E-state index is 0.0748. The molecule has 6 N–H and O–H groups in total. The van der Waals surface area contributed by atoms with Crippen molar-refractivity contribution >= 4 is 34.9 Å². The van der Waals surface area contributed by atoms with Crippen LogP contribution >= 0.6 is 11.6 Å². The number of hydrogen-bond donors (Lipinski definition) is 4. The second-order valence-corrected chi connectivity index (χ2v) is 8.88. The number of piperidine rings is 1. The fourth-order valence-corrected chi connectivity index (χ4v) is 4.20. The highest BCUT2D eigenvalue weighted by Crippen LogP contribution is 2.29. The van der Waals surface area contributed by atoms with Crippen LogP contribution in [0, 0.1) is 6.92 Å². The van der Waals surface area contributed by atoms with Crippen molar-refractivity contribution < 1.29 is 22.8 Å². The van der Waals surface area contributed by atoms with Crippen LogP contribution in [0.2, 0.25) is 5.15 Å². The molecule has 2 fully saturated rings. The molecular formula is C20H23ClF3N9O2. The number of alkyl halides is 3. The predicted molar refractivity (Wildman–Crippen MR) is 120 cm³/mol. The summed E-state index contributed by atoms with van der Waals surface area (Å²) in [7, 11) is 0. The van der Waals surface area contributed by atoms with E-state index < -0.39 is 17.7 Å². The fraction of sp³-hybridized carbons (Fsp3) is 0.450. The molecule has 4 heterocycles. The normalized spacial score (nSPS) is 18.5. The van der Waals surface area contributed by atoms with E-state index in [-0.39, 0.29) is 46.2 Å². The van der Waals surface area contributed by atoms with Crippen molar-refractivity contribution in [1.82, 2.24) is 35.3 Å². The van der Waals surface area contributed by atoms with Crippen LogP contribution in [0.5, 0.6) is 0 Å². The molecule has 1 spiro atoms. The van der Waals surface area contributed by atoms with Crippen LogP contribution in [-0.4, -0.2) is 61.5 Å². The summed E-state index contributed by atoms with van der Waals surface area (Å²) in [4.78, 5) is 34.6. The van der Waals surface area contributed by atoms with Crippen LogP contribution in [0.1, 0.15) is 34.7 Å². The molecule has 0 aromatic carbocycles. The zero-order chi connectivity index (χ0) is 25.5. The number of hydrogen-bond acceptors (Lipinski definition) is 9. The van der Waals surface area contributed by atoms with Crippen molar-refractivity contribution in [2.45, 2.75) is 38.0 Å². The molecule has 4 rings (SSSR count). The lowest BCUT2D eigenvalue weighted by molar-refractivity contribution is -0.142. The van der Waals surface area contributed by atoms with Gasteiger partial charge in [-0.25, -0.2) is 9.97 Å². The van der Waals surface area contributed by atoms with Crippen molar-refractivity contribution in [3.63, 3.8) is 0 Å². The number of carbonyl (C=O) groups excluding carboxylic acids is 2. The van der Waals surface area contributed by atoms with Gasteiger partial charge in [0.2, 0.25) is 11.7 Å². The van der Waals surface area contributed by atoms with E-state index in [2.05, 4.69) is 25.7 Å². The summed E-state index contributed by atoms with van der Waals surface area (Å²) >= 11 is 5.84. The largest absolute Gasteiger partial charge is 0.435 e. The van der Waals surface area contributed by atoms with E-state index in [9.17, 15) is 22.8 Å². The molecule has 188 valence electrons. The average molecular weight is 514 g/mol. The van der Waals surface area contributed by atoms with Crippen LogP contribution in [0.4, 0.5) is 24.8 Å². The Hall–Kier alpha value is -3.55. The molecule has 2 aliphatic heterocycles. The number of nitrogens with one attached hydrogen (secondary N) is 2. The summed E-state index contributed by atoms with van der Waals surface area (Å²) in [6.45, 7) is 2.51. The lowest BCUT2D eigenvalue weighted by Crippen LogP contribution is -2.53. The number of halogens is 4. The van der Waals surface area contributed by atoms with Gasteiger partial charge in [0, 0.05) is 31.4 Å². The van der Waals surface area contributed by atoms with E-state index in [0.717, 1.165) is 10.7 Å². The summed E-state index contributed by atoms with van der Waals surface area (Å²) in [6, 6.07) is 0.916.